The number of fused-ring (bicyclic) bond motifs is 1. The summed E-state index contributed by atoms with van der Waals surface area (Å²) in [5.74, 6) is 0.860. The summed E-state index contributed by atoms with van der Waals surface area (Å²) in [6.45, 7) is 2.50. The van der Waals surface area contributed by atoms with Crippen molar-refractivity contribution in [3.8, 4) is 11.5 Å². The van der Waals surface area contributed by atoms with Crippen LogP contribution in [0.1, 0.15) is 54.4 Å². The summed E-state index contributed by atoms with van der Waals surface area (Å²) in [6, 6.07) is 9.64. The van der Waals surface area contributed by atoms with E-state index in [-0.39, 0.29) is 17.6 Å². The van der Waals surface area contributed by atoms with Crippen LogP contribution in [0.3, 0.4) is 0 Å². The van der Waals surface area contributed by atoms with Gasteiger partial charge >= 0.3 is 6.18 Å². The highest BCUT2D eigenvalue weighted by molar-refractivity contribution is 5.79. The zero-order valence-electron chi connectivity index (χ0n) is 24.1. The molecule has 0 spiro atoms. The van der Waals surface area contributed by atoms with E-state index < -0.39 is 11.7 Å². The molecule has 3 aliphatic rings. The predicted octanol–water partition coefficient (Wildman–Crippen LogP) is 4.44. The number of rotatable bonds is 5. The third-order valence-corrected chi connectivity index (χ3v) is 8.09. The van der Waals surface area contributed by atoms with Crippen molar-refractivity contribution in [1.82, 2.24) is 25.1 Å². The maximum absolute atomic E-state index is 12.1. The van der Waals surface area contributed by atoms with Gasteiger partial charge in [0, 0.05) is 49.2 Å². The second-order valence-corrected chi connectivity index (χ2v) is 10.8. The molecule has 9 nitrogen and oxygen atoms in total. The van der Waals surface area contributed by atoms with Crippen molar-refractivity contribution in [2.75, 3.05) is 26.7 Å². The number of aliphatic hydroxyl groups is 1. The maximum Gasteiger partial charge on any atom is 0.416 e. The summed E-state index contributed by atoms with van der Waals surface area (Å²) in [5, 5.41) is 12.6. The van der Waals surface area contributed by atoms with Crippen LogP contribution < -0.4 is 5.32 Å². The van der Waals surface area contributed by atoms with Crippen LogP contribution in [0, 0.1) is 0 Å². The molecule has 12 heteroatoms. The first-order valence-corrected chi connectivity index (χ1v) is 14.5. The third-order valence-electron chi connectivity index (χ3n) is 8.09. The lowest BCUT2D eigenvalue weighted by Gasteiger charge is -2.36. The highest BCUT2D eigenvalue weighted by Gasteiger charge is 2.46. The Morgan fingerprint density at radius 3 is 2.47 bits per heavy atom. The minimum atomic E-state index is -4.38. The van der Waals surface area contributed by atoms with E-state index in [1.165, 1.54) is 12.1 Å². The van der Waals surface area contributed by atoms with E-state index in [1.807, 2.05) is 19.2 Å². The van der Waals surface area contributed by atoms with Gasteiger partial charge in [-0.15, -0.1) is 0 Å². The highest BCUT2D eigenvalue weighted by atomic mass is 19.4. The number of hydrogen-bond acceptors (Lipinski definition) is 8. The Morgan fingerprint density at radius 1 is 1.07 bits per heavy atom. The molecular formula is C31H38F3N5O4. The van der Waals surface area contributed by atoms with Gasteiger partial charge in [-0.25, -0.2) is 4.98 Å². The number of nitrogens with one attached hydrogen (secondary N) is 1. The molecule has 3 aromatic rings. The monoisotopic (exact) mass is 601 g/mol. The number of aldehydes is 1. The normalized spacial score (nSPS) is 23.4. The summed E-state index contributed by atoms with van der Waals surface area (Å²) in [7, 11) is 1.83. The van der Waals surface area contributed by atoms with Crippen LogP contribution in [-0.4, -0.2) is 88.0 Å². The number of aliphatic hydroxyl groups excluding tert-OH is 1. The number of likely N-dealkylation sites (N-methyl/N-ethyl adjacent to an activating group) is 1. The molecule has 2 unspecified atom stereocenters. The first kappa shape index (κ1) is 32.3. The van der Waals surface area contributed by atoms with Crippen molar-refractivity contribution in [1.29, 1.82) is 0 Å². The number of amides is 1. The number of halogens is 3. The molecule has 3 fully saturated rings. The average Bonchev–Trinajstić information content (AvgIpc) is 3.78. The number of alkyl halides is 3. The van der Waals surface area contributed by atoms with Gasteiger partial charge < -0.3 is 19.7 Å². The SMILES string of the molecule is CNCC(=O)N1CCC2C1CCN2C1CCC(O)CC1.O=Cc1cccc(C(F)(F)F)c1.c1cncc(-c2ncco2)c1. The van der Waals surface area contributed by atoms with E-state index in [1.54, 1.807) is 24.9 Å². The van der Waals surface area contributed by atoms with Crippen LogP contribution in [-0.2, 0) is 11.0 Å². The molecule has 2 aromatic heterocycles. The lowest BCUT2D eigenvalue weighted by Crippen LogP contribution is -2.46. The number of carbonyl (C=O) groups excluding carboxylic acids is 2. The summed E-state index contributed by atoms with van der Waals surface area (Å²) < 4.78 is 41.0. The highest BCUT2D eigenvalue weighted by Crippen LogP contribution is 2.36. The Bertz CT molecular complexity index is 1280. The first-order valence-electron chi connectivity index (χ1n) is 14.5. The van der Waals surface area contributed by atoms with E-state index in [9.17, 15) is 27.9 Å². The van der Waals surface area contributed by atoms with E-state index >= 15 is 0 Å². The zero-order valence-corrected chi connectivity index (χ0v) is 24.1. The number of likely N-dealkylation sites (tertiary alicyclic amines) is 2. The molecule has 1 amide bonds. The van der Waals surface area contributed by atoms with Crippen molar-refractivity contribution in [2.45, 2.75) is 68.9 Å². The van der Waals surface area contributed by atoms with Crippen LogP contribution in [0.25, 0.3) is 11.5 Å². The van der Waals surface area contributed by atoms with Crippen LogP contribution in [0.2, 0.25) is 0 Å². The molecule has 4 heterocycles. The molecular weight excluding hydrogens is 563 g/mol. The maximum atomic E-state index is 12.1. The van der Waals surface area contributed by atoms with Crippen LogP contribution in [0.15, 0.2) is 65.7 Å². The van der Waals surface area contributed by atoms with Gasteiger partial charge in [-0.2, -0.15) is 13.2 Å². The van der Waals surface area contributed by atoms with Gasteiger partial charge in [-0.05, 0) is 69.8 Å². The summed E-state index contributed by atoms with van der Waals surface area (Å²) >= 11 is 0. The Hall–Kier alpha value is -3.61. The van der Waals surface area contributed by atoms with Gasteiger partial charge in [0.05, 0.1) is 30.0 Å². The number of oxazole rings is 1. The van der Waals surface area contributed by atoms with Gasteiger partial charge in [0.15, 0.2) is 0 Å². The molecule has 2 atom stereocenters. The van der Waals surface area contributed by atoms with Crippen molar-refractivity contribution in [3.05, 3.63) is 72.4 Å². The van der Waals surface area contributed by atoms with Gasteiger partial charge in [0.1, 0.15) is 12.5 Å². The summed E-state index contributed by atoms with van der Waals surface area (Å²) in [5.41, 5.74) is 0.134. The molecule has 2 saturated heterocycles. The molecule has 0 radical (unpaired) electrons. The largest absolute Gasteiger partial charge is 0.444 e. The van der Waals surface area contributed by atoms with Crippen molar-refractivity contribution < 1.29 is 32.3 Å². The lowest BCUT2D eigenvalue weighted by atomic mass is 9.91. The minimum Gasteiger partial charge on any atom is -0.444 e. The van der Waals surface area contributed by atoms with E-state index in [0.717, 1.165) is 69.3 Å². The predicted molar refractivity (Wildman–Crippen MR) is 154 cm³/mol. The third kappa shape index (κ3) is 8.71. The first-order chi connectivity index (χ1) is 20.7. The number of pyridine rings is 1. The average molecular weight is 602 g/mol. The Labute approximate surface area is 249 Å². The summed E-state index contributed by atoms with van der Waals surface area (Å²) in [4.78, 5) is 34.9. The Kier molecular flexibility index (Phi) is 11.4. The number of aromatic nitrogens is 2. The van der Waals surface area contributed by atoms with Gasteiger partial charge in [0.25, 0.3) is 0 Å². The van der Waals surface area contributed by atoms with Gasteiger partial charge in [0.2, 0.25) is 11.8 Å². The minimum absolute atomic E-state index is 0.0322. The molecule has 43 heavy (non-hydrogen) atoms. The molecule has 6 rings (SSSR count). The van der Waals surface area contributed by atoms with Gasteiger partial charge in [-0.1, -0.05) is 12.1 Å². The van der Waals surface area contributed by atoms with Crippen LogP contribution in [0.4, 0.5) is 13.2 Å². The van der Waals surface area contributed by atoms with E-state index in [0.29, 0.717) is 36.8 Å². The van der Waals surface area contributed by atoms with E-state index in [4.69, 9.17) is 4.42 Å². The van der Waals surface area contributed by atoms with Crippen molar-refractivity contribution >= 4 is 12.2 Å². The second kappa shape index (κ2) is 15.2. The number of nitrogens with zero attached hydrogens (tertiary/aromatic N) is 4. The van der Waals surface area contributed by atoms with E-state index in [2.05, 4.69) is 25.1 Å². The Balaban J connectivity index is 0.000000158. The number of carbonyl (C=O) groups is 2. The topological polar surface area (TPSA) is 112 Å². The molecule has 1 saturated carbocycles. The zero-order chi connectivity index (χ0) is 30.8. The second-order valence-electron chi connectivity index (χ2n) is 10.8. The lowest BCUT2D eigenvalue weighted by molar-refractivity contribution is -0.137. The fraction of sp³-hybridized carbons (Fsp3) is 0.484. The smallest absolute Gasteiger partial charge is 0.416 e. The fourth-order valence-electron chi connectivity index (χ4n) is 6.07. The van der Waals surface area contributed by atoms with Gasteiger partial charge in [-0.3, -0.25) is 19.5 Å². The van der Waals surface area contributed by atoms with Crippen LogP contribution in [0.5, 0.6) is 0 Å². The number of benzene rings is 1. The number of hydrogen-bond donors (Lipinski definition) is 2. The molecule has 232 valence electrons. The summed E-state index contributed by atoms with van der Waals surface area (Å²) in [6.07, 6.45) is 8.89. The molecule has 2 N–H and O–H groups in total. The fourth-order valence-corrected chi connectivity index (χ4v) is 6.07. The van der Waals surface area contributed by atoms with Crippen molar-refractivity contribution in [3.63, 3.8) is 0 Å². The molecule has 0 bridgehead atoms. The molecule has 2 aliphatic heterocycles. The molecule has 1 aromatic carbocycles. The van der Waals surface area contributed by atoms with Crippen molar-refractivity contribution in [2.24, 2.45) is 0 Å². The Morgan fingerprint density at radius 2 is 1.84 bits per heavy atom. The molecule has 1 aliphatic carbocycles. The standard InChI is InChI=1S/C15H27N3O2.C8H5F3O.C8H6N2O/c1-16-10-15(20)18-9-7-13-14(18)6-8-17(13)11-2-4-12(19)5-3-11;9-8(10,11)7-3-1-2-6(4-7)5-12;1-2-7(6-9-3-1)8-10-4-5-11-8/h11-14,16,19H,2-10H2,1H3;1-5H;1-6H. The van der Waals surface area contributed by atoms with Crippen LogP contribution >= 0.6 is 0 Å². The quantitative estimate of drug-likeness (QED) is 0.413.